The third-order valence-electron chi connectivity index (χ3n) is 2.16. The molecule has 104 valence electrons. The molecule has 1 aromatic carbocycles. The van der Waals surface area contributed by atoms with E-state index in [-0.39, 0.29) is 6.54 Å². The Balaban J connectivity index is 2.28. The van der Waals surface area contributed by atoms with Gasteiger partial charge in [0.05, 0.1) is 23.9 Å². The summed E-state index contributed by atoms with van der Waals surface area (Å²) in [6.07, 6.45) is 0. The predicted molar refractivity (Wildman–Crippen MR) is 73.4 cm³/mol. The first-order valence-electron chi connectivity index (χ1n) is 5.68. The van der Waals surface area contributed by atoms with Gasteiger partial charge in [-0.3, -0.25) is 10.1 Å². The summed E-state index contributed by atoms with van der Waals surface area (Å²) in [5, 5.41) is 8.00. The normalized spacial score (nSPS) is 9.79. The summed E-state index contributed by atoms with van der Waals surface area (Å²) in [6.45, 7) is 0.689. The highest BCUT2D eigenvalue weighted by Gasteiger charge is 2.07. The molecule has 0 bridgehead atoms. The molecule has 7 heteroatoms. The summed E-state index contributed by atoms with van der Waals surface area (Å²) in [4.78, 5) is 22.7. The maximum atomic E-state index is 11.5. The Morgan fingerprint density at radius 1 is 1.32 bits per heavy atom. The highest BCUT2D eigenvalue weighted by atomic mass is 35.5. The molecule has 0 atom stereocenters. The summed E-state index contributed by atoms with van der Waals surface area (Å²) in [5.41, 5.74) is 0.638. The number of benzene rings is 1. The van der Waals surface area contributed by atoms with Gasteiger partial charge < -0.3 is 15.4 Å². The van der Waals surface area contributed by atoms with Gasteiger partial charge in [0.15, 0.2) is 0 Å². The van der Waals surface area contributed by atoms with E-state index in [9.17, 15) is 9.59 Å². The lowest BCUT2D eigenvalue weighted by atomic mass is 10.3. The molecule has 3 N–H and O–H groups in total. The fraction of sp³-hybridized carbons (Fsp3) is 0.333. The van der Waals surface area contributed by atoms with Crippen molar-refractivity contribution in [2.45, 2.75) is 0 Å². The van der Waals surface area contributed by atoms with Gasteiger partial charge >= 0.3 is 6.03 Å². The van der Waals surface area contributed by atoms with Crippen molar-refractivity contribution < 1.29 is 14.3 Å². The number of para-hydroxylation sites is 1. The predicted octanol–water partition coefficient (Wildman–Crippen LogP) is 1.22. The Kier molecular flexibility index (Phi) is 6.70. The maximum absolute atomic E-state index is 11.5. The number of hydrogen-bond donors (Lipinski definition) is 3. The summed E-state index contributed by atoms with van der Waals surface area (Å²) < 4.78 is 4.76. The van der Waals surface area contributed by atoms with Crippen LogP contribution in [0.4, 0.5) is 10.5 Å². The van der Waals surface area contributed by atoms with Crippen molar-refractivity contribution in [3.63, 3.8) is 0 Å². The van der Waals surface area contributed by atoms with Crippen LogP contribution in [0.1, 0.15) is 0 Å². The van der Waals surface area contributed by atoms with Gasteiger partial charge in [-0.1, -0.05) is 23.7 Å². The summed E-state index contributed by atoms with van der Waals surface area (Å²) in [5.74, 6) is -0.449. The Bertz CT molecular complexity index is 440. The smallest absolute Gasteiger partial charge is 0.321 e. The van der Waals surface area contributed by atoms with Gasteiger partial charge in [0.25, 0.3) is 0 Å². The van der Waals surface area contributed by atoms with Crippen molar-refractivity contribution in [3.8, 4) is 0 Å². The van der Waals surface area contributed by atoms with Crippen LogP contribution in [-0.4, -0.2) is 38.7 Å². The summed E-state index contributed by atoms with van der Waals surface area (Å²) in [6, 6.07) is 6.48. The second-order valence-corrected chi connectivity index (χ2v) is 4.04. The number of anilines is 1. The number of halogens is 1. The molecular formula is C12H16ClN3O3. The molecule has 0 aliphatic rings. The monoisotopic (exact) mass is 285 g/mol. The zero-order valence-corrected chi connectivity index (χ0v) is 11.3. The number of urea groups is 1. The molecule has 0 heterocycles. The second kappa shape index (κ2) is 8.34. The van der Waals surface area contributed by atoms with E-state index in [1.165, 1.54) is 7.11 Å². The Hall–Kier alpha value is -1.79. The Morgan fingerprint density at radius 2 is 2.05 bits per heavy atom. The Labute approximate surface area is 116 Å². The maximum Gasteiger partial charge on any atom is 0.321 e. The first-order valence-corrected chi connectivity index (χ1v) is 6.06. The number of imide groups is 1. The van der Waals surface area contributed by atoms with Gasteiger partial charge in [-0.2, -0.15) is 0 Å². The molecule has 0 aromatic heterocycles. The van der Waals surface area contributed by atoms with Crippen LogP contribution in [0.3, 0.4) is 0 Å². The minimum absolute atomic E-state index is 0.0402. The Morgan fingerprint density at radius 3 is 2.74 bits per heavy atom. The summed E-state index contributed by atoms with van der Waals surface area (Å²) >= 11 is 5.91. The topological polar surface area (TPSA) is 79.5 Å². The molecule has 3 amide bonds. The number of methoxy groups -OCH3 is 1. The molecule has 0 saturated heterocycles. The highest BCUT2D eigenvalue weighted by Crippen LogP contribution is 2.19. The number of nitrogens with one attached hydrogen (secondary N) is 3. The first-order chi connectivity index (χ1) is 9.13. The van der Waals surface area contributed by atoms with E-state index in [1.54, 1.807) is 24.3 Å². The minimum Gasteiger partial charge on any atom is -0.383 e. The van der Waals surface area contributed by atoms with Crippen LogP contribution in [0.5, 0.6) is 0 Å². The van der Waals surface area contributed by atoms with Crippen LogP contribution in [0.15, 0.2) is 24.3 Å². The van der Waals surface area contributed by atoms with E-state index < -0.39 is 11.9 Å². The van der Waals surface area contributed by atoms with Crippen molar-refractivity contribution in [1.29, 1.82) is 0 Å². The SMILES string of the molecule is COCCNC(=O)NC(=O)CNc1ccccc1Cl. The molecule has 0 aliphatic carbocycles. The number of ether oxygens (including phenoxy) is 1. The number of amides is 3. The molecule has 6 nitrogen and oxygen atoms in total. The average Bonchev–Trinajstić information content (AvgIpc) is 2.38. The molecule has 0 fully saturated rings. The van der Waals surface area contributed by atoms with Crippen LogP contribution in [-0.2, 0) is 9.53 Å². The van der Waals surface area contributed by atoms with Gasteiger partial charge in [0.2, 0.25) is 5.91 Å². The van der Waals surface area contributed by atoms with Crippen LogP contribution < -0.4 is 16.0 Å². The van der Waals surface area contributed by atoms with Crippen molar-refractivity contribution >= 4 is 29.2 Å². The molecular weight excluding hydrogens is 270 g/mol. The summed E-state index contributed by atoms with van der Waals surface area (Å²) in [7, 11) is 1.53. The third-order valence-corrected chi connectivity index (χ3v) is 2.49. The van der Waals surface area contributed by atoms with Gasteiger partial charge in [-0.25, -0.2) is 4.79 Å². The molecule has 0 saturated carbocycles. The first kappa shape index (κ1) is 15.3. The lowest BCUT2D eigenvalue weighted by molar-refractivity contribution is -0.118. The van der Waals surface area contributed by atoms with E-state index in [1.807, 2.05) is 0 Å². The van der Waals surface area contributed by atoms with Crippen LogP contribution in [0.25, 0.3) is 0 Å². The van der Waals surface area contributed by atoms with Crippen LogP contribution >= 0.6 is 11.6 Å². The standard InChI is InChI=1S/C12H16ClN3O3/c1-19-7-6-14-12(18)16-11(17)8-15-10-5-3-2-4-9(10)13/h2-5,15H,6-8H2,1H3,(H2,14,16,17,18). The number of carbonyl (C=O) groups is 2. The molecule has 0 radical (unpaired) electrons. The van der Waals surface area contributed by atoms with Gasteiger partial charge in [-0.05, 0) is 12.1 Å². The van der Waals surface area contributed by atoms with Crippen molar-refractivity contribution in [2.24, 2.45) is 0 Å². The molecule has 0 aliphatic heterocycles. The van der Waals surface area contributed by atoms with Crippen molar-refractivity contribution in [2.75, 3.05) is 32.1 Å². The quantitative estimate of drug-likeness (QED) is 0.687. The largest absolute Gasteiger partial charge is 0.383 e. The molecule has 1 rings (SSSR count). The lowest BCUT2D eigenvalue weighted by Crippen LogP contribution is -2.42. The van der Waals surface area contributed by atoms with E-state index in [0.29, 0.717) is 23.9 Å². The van der Waals surface area contributed by atoms with E-state index in [2.05, 4.69) is 16.0 Å². The fourth-order valence-corrected chi connectivity index (χ4v) is 1.46. The number of rotatable bonds is 6. The van der Waals surface area contributed by atoms with E-state index >= 15 is 0 Å². The average molecular weight is 286 g/mol. The lowest BCUT2D eigenvalue weighted by Gasteiger charge is -2.09. The van der Waals surface area contributed by atoms with E-state index in [4.69, 9.17) is 16.3 Å². The molecule has 0 spiro atoms. The van der Waals surface area contributed by atoms with Gasteiger partial charge in [-0.15, -0.1) is 0 Å². The minimum atomic E-state index is -0.553. The van der Waals surface area contributed by atoms with Gasteiger partial charge in [0.1, 0.15) is 0 Å². The molecule has 0 unspecified atom stereocenters. The zero-order chi connectivity index (χ0) is 14.1. The number of hydrogen-bond acceptors (Lipinski definition) is 4. The number of carbonyl (C=O) groups excluding carboxylic acids is 2. The molecule has 1 aromatic rings. The van der Waals surface area contributed by atoms with Crippen molar-refractivity contribution in [1.82, 2.24) is 10.6 Å². The second-order valence-electron chi connectivity index (χ2n) is 3.63. The zero-order valence-electron chi connectivity index (χ0n) is 10.5. The van der Waals surface area contributed by atoms with Crippen LogP contribution in [0, 0.1) is 0 Å². The van der Waals surface area contributed by atoms with Gasteiger partial charge in [0, 0.05) is 13.7 Å². The van der Waals surface area contributed by atoms with Crippen LogP contribution in [0.2, 0.25) is 5.02 Å². The third kappa shape index (κ3) is 6.08. The molecule has 19 heavy (non-hydrogen) atoms. The fourth-order valence-electron chi connectivity index (χ4n) is 1.26. The highest BCUT2D eigenvalue weighted by molar-refractivity contribution is 6.33. The van der Waals surface area contributed by atoms with E-state index in [0.717, 1.165) is 0 Å². The van der Waals surface area contributed by atoms with Crippen molar-refractivity contribution in [3.05, 3.63) is 29.3 Å².